The molecule has 0 aromatic heterocycles. The molecule has 1 unspecified atom stereocenters. The van der Waals surface area contributed by atoms with Crippen molar-refractivity contribution in [2.24, 2.45) is 0 Å². The van der Waals surface area contributed by atoms with Crippen molar-refractivity contribution >= 4 is 35.0 Å². The molecule has 0 radical (unpaired) electrons. The number of hydrogen-bond donors (Lipinski definition) is 1. The number of benzene rings is 2. The molecule has 2 aromatic carbocycles. The summed E-state index contributed by atoms with van der Waals surface area (Å²) in [6, 6.07) is 15.4. The zero-order valence-electron chi connectivity index (χ0n) is 10.2. The van der Waals surface area contributed by atoms with Gasteiger partial charge in [-0.05, 0) is 29.8 Å². The van der Waals surface area contributed by atoms with Crippen LogP contribution >= 0.6 is 35.0 Å². The molecule has 19 heavy (non-hydrogen) atoms. The van der Waals surface area contributed by atoms with Gasteiger partial charge < -0.3 is 5.11 Å². The van der Waals surface area contributed by atoms with E-state index in [-0.39, 0.29) is 0 Å². The predicted octanol–water partition coefficient (Wildman–Crippen LogP) is 4.69. The fraction of sp³-hybridized carbons (Fsp3) is 0.200. The van der Waals surface area contributed by atoms with Gasteiger partial charge in [0.25, 0.3) is 0 Å². The molecule has 0 heterocycles. The molecule has 1 nitrogen and oxygen atoms in total. The topological polar surface area (TPSA) is 20.2 Å². The van der Waals surface area contributed by atoms with Gasteiger partial charge in [-0.15, -0.1) is 11.8 Å². The fourth-order valence-corrected chi connectivity index (χ4v) is 3.05. The first-order valence-corrected chi connectivity index (χ1v) is 7.69. The van der Waals surface area contributed by atoms with Crippen molar-refractivity contribution in [3.8, 4) is 0 Å². The zero-order valence-corrected chi connectivity index (χ0v) is 12.6. The summed E-state index contributed by atoms with van der Waals surface area (Å²) in [5.41, 5.74) is 0.923. The van der Waals surface area contributed by atoms with E-state index in [2.05, 4.69) is 0 Å². The van der Waals surface area contributed by atoms with Crippen molar-refractivity contribution < 1.29 is 5.11 Å². The Morgan fingerprint density at radius 3 is 2.47 bits per heavy atom. The highest BCUT2D eigenvalue weighted by Crippen LogP contribution is 2.24. The SMILES string of the molecule is OC(CSc1ccccc1)Cc1ccc(Cl)cc1Cl. The highest BCUT2D eigenvalue weighted by molar-refractivity contribution is 7.99. The highest BCUT2D eigenvalue weighted by atomic mass is 35.5. The molecular formula is C15H14Cl2OS. The van der Waals surface area contributed by atoms with Crippen LogP contribution in [0, 0.1) is 0 Å². The minimum Gasteiger partial charge on any atom is -0.392 e. The van der Waals surface area contributed by atoms with Crippen LogP contribution in [0.15, 0.2) is 53.4 Å². The summed E-state index contributed by atoms with van der Waals surface area (Å²) < 4.78 is 0. The number of aliphatic hydroxyl groups is 1. The van der Waals surface area contributed by atoms with Crippen LogP contribution in [0.5, 0.6) is 0 Å². The van der Waals surface area contributed by atoms with E-state index in [4.69, 9.17) is 23.2 Å². The van der Waals surface area contributed by atoms with Crippen LogP contribution in [-0.2, 0) is 6.42 Å². The lowest BCUT2D eigenvalue weighted by molar-refractivity contribution is 0.200. The average molecular weight is 313 g/mol. The van der Waals surface area contributed by atoms with Crippen molar-refractivity contribution in [1.82, 2.24) is 0 Å². The Morgan fingerprint density at radius 1 is 1.05 bits per heavy atom. The van der Waals surface area contributed by atoms with Crippen molar-refractivity contribution in [2.75, 3.05) is 5.75 Å². The molecule has 0 saturated carbocycles. The monoisotopic (exact) mass is 312 g/mol. The first kappa shape index (κ1) is 14.7. The van der Waals surface area contributed by atoms with Gasteiger partial charge >= 0.3 is 0 Å². The fourth-order valence-electron chi connectivity index (χ4n) is 1.71. The second-order valence-corrected chi connectivity index (χ2v) is 6.15. The Hall–Kier alpha value is -0.670. The van der Waals surface area contributed by atoms with E-state index < -0.39 is 6.10 Å². The second-order valence-electron chi connectivity index (χ2n) is 4.22. The van der Waals surface area contributed by atoms with E-state index >= 15 is 0 Å². The average Bonchev–Trinajstić information content (AvgIpc) is 2.41. The Morgan fingerprint density at radius 2 is 1.79 bits per heavy atom. The molecular weight excluding hydrogens is 299 g/mol. The van der Waals surface area contributed by atoms with Gasteiger partial charge in [0.05, 0.1) is 6.10 Å². The number of rotatable bonds is 5. The molecule has 0 saturated heterocycles. The normalized spacial score (nSPS) is 12.4. The third kappa shape index (κ3) is 4.73. The van der Waals surface area contributed by atoms with Crippen LogP contribution in [0.4, 0.5) is 0 Å². The molecule has 0 aliphatic rings. The quantitative estimate of drug-likeness (QED) is 0.808. The number of thioether (sulfide) groups is 1. The summed E-state index contributed by atoms with van der Waals surface area (Å²) >= 11 is 13.6. The standard InChI is InChI=1S/C15H14Cl2OS/c16-12-7-6-11(15(17)9-12)8-13(18)10-19-14-4-2-1-3-5-14/h1-7,9,13,18H,8,10H2. The molecule has 0 amide bonds. The lowest BCUT2D eigenvalue weighted by atomic mass is 10.1. The van der Waals surface area contributed by atoms with Gasteiger partial charge in [0.15, 0.2) is 0 Å². The maximum atomic E-state index is 10.0. The smallest absolute Gasteiger partial charge is 0.0674 e. The summed E-state index contributed by atoms with van der Waals surface area (Å²) in [5, 5.41) is 11.3. The van der Waals surface area contributed by atoms with Crippen LogP contribution in [-0.4, -0.2) is 17.0 Å². The summed E-state index contributed by atoms with van der Waals surface area (Å²) in [4.78, 5) is 1.16. The maximum Gasteiger partial charge on any atom is 0.0674 e. The van der Waals surface area contributed by atoms with Crippen molar-refractivity contribution in [3.63, 3.8) is 0 Å². The number of halogens is 2. The van der Waals surface area contributed by atoms with Crippen molar-refractivity contribution in [1.29, 1.82) is 0 Å². The summed E-state index contributed by atoms with van der Waals surface area (Å²) in [6.45, 7) is 0. The molecule has 0 aliphatic heterocycles. The van der Waals surface area contributed by atoms with Crippen molar-refractivity contribution in [2.45, 2.75) is 17.4 Å². The molecule has 0 aliphatic carbocycles. The summed E-state index contributed by atoms with van der Waals surface area (Å²) in [6.07, 6.45) is 0.111. The van der Waals surface area contributed by atoms with Gasteiger partial charge in [0, 0.05) is 27.1 Å². The van der Waals surface area contributed by atoms with E-state index in [0.29, 0.717) is 22.2 Å². The van der Waals surface area contributed by atoms with Crippen LogP contribution < -0.4 is 0 Å². The molecule has 0 fully saturated rings. The lowest BCUT2D eigenvalue weighted by Gasteiger charge is -2.11. The van der Waals surface area contributed by atoms with E-state index in [1.165, 1.54) is 0 Å². The second kappa shape index (κ2) is 7.20. The molecule has 2 aromatic rings. The first-order valence-electron chi connectivity index (χ1n) is 5.95. The van der Waals surface area contributed by atoms with E-state index in [1.807, 2.05) is 36.4 Å². The van der Waals surface area contributed by atoms with Gasteiger partial charge in [-0.25, -0.2) is 0 Å². The van der Waals surface area contributed by atoms with E-state index in [0.717, 1.165) is 10.5 Å². The Bertz CT molecular complexity index is 531. The minimum absolute atomic E-state index is 0.427. The Kier molecular flexibility index (Phi) is 5.59. The van der Waals surface area contributed by atoms with Crippen LogP contribution in [0.3, 0.4) is 0 Å². The Balaban J connectivity index is 1.89. The first-order chi connectivity index (χ1) is 9.15. The molecule has 100 valence electrons. The largest absolute Gasteiger partial charge is 0.392 e. The van der Waals surface area contributed by atoms with Gasteiger partial charge in [-0.2, -0.15) is 0 Å². The van der Waals surface area contributed by atoms with Gasteiger partial charge in [-0.3, -0.25) is 0 Å². The zero-order chi connectivity index (χ0) is 13.7. The molecule has 2 rings (SSSR count). The molecule has 4 heteroatoms. The summed E-state index contributed by atoms with van der Waals surface area (Å²) in [7, 11) is 0. The van der Waals surface area contributed by atoms with Crippen molar-refractivity contribution in [3.05, 3.63) is 64.1 Å². The van der Waals surface area contributed by atoms with Crippen LogP contribution in [0.25, 0.3) is 0 Å². The third-order valence-corrected chi connectivity index (χ3v) is 4.40. The van der Waals surface area contributed by atoms with Gasteiger partial charge in [-0.1, -0.05) is 47.5 Å². The predicted molar refractivity (Wildman–Crippen MR) is 83.3 cm³/mol. The third-order valence-electron chi connectivity index (χ3n) is 2.66. The molecule has 0 bridgehead atoms. The van der Waals surface area contributed by atoms with Gasteiger partial charge in [0.2, 0.25) is 0 Å². The van der Waals surface area contributed by atoms with E-state index in [9.17, 15) is 5.11 Å². The highest BCUT2D eigenvalue weighted by Gasteiger charge is 2.09. The molecule has 1 atom stereocenters. The Labute approximate surface area is 127 Å². The molecule has 0 spiro atoms. The minimum atomic E-state index is -0.427. The summed E-state index contributed by atoms with van der Waals surface area (Å²) in [5.74, 6) is 0.642. The van der Waals surface area contributed by atoms with Crippen LogP contribution in [0.1, 0.15) is 5.56 Å². The molecule has 1 N–H and O–H groups in total. The number of aliphatic hydroxyl groups excluding tert-OH is 1. The van der Waals surface area contributed by atoms with Gasteiger partial charge in [0.1, 0.15) is 0 Å². The van der Waals surface area contributed by atoms with Crippen LogP contribution in [0.2, 0.25) is 10.0 Å². The lowest BCUT2D eigenvalue weighted by Crippen LogP contribution is -2.13. The van der Waals surface area contributed by atoms with E-state index in [1.54, 1.807) is 23.9 Å². The number of hydrogen-bond acceptors (Lipinski definition) is 2. The maximum absolute atomic E-state index is 10.0.